The van der Waals surface area contributed by atoms with Crippen LogP contribution in [0.1, 0.15) is 39.9 Å². The third-order valence-corrected chi connectivity index (χ3v) is 5.22. The van der Waals surface area contributed by atoms with Crippen molar-refractivity contribution in [3.05, 3.63) is 82.7 Å². The highest BCUT2D eigenvalue weighted by Gasteiger charge is 2.47. The lowest BCUT2D eigenvalue weighted by Crippen LogP contribution is -2.17. The van der Waals surface area contributed by atoms with Crippen LogP contribution in [0.3, 0.4) is 0 Å². The third kappa shape index (κ3) is 2.12. The molecule has 1 aliphatic rings. The number of benzene rings is 3. The highest BCUT2D eigenvalue weighted by molar-refractivity contribution is 5.95. The average Bonchev–Trinajstić information content (AvgIpc) is 3.35. The first-order chi connectivity index (χ1) is 11.5. The molecule has 2 N–H and O–H groups in total. The summed E-state index contributed by atoms with van der Waals surface area (Å²) in [6, 6.07) is 16.7. The lowest BCUT2D eigenvalue weighted by Gasteiger charge is -2.22. The first-order valence-corrected chi connectivity index (χ1v) is 8.11. The molecule has 2 nitrogen and oxygen atoms in total. The van der Waals surface area contributed by atoms with Crippen molar-refractivity contribution < 1.29 is 9.18 Å². The molecule has 0 bridgehead atoms. The number of nitrogens with two attached hydrogens (primary N) is 1. The smallest absolute Gasteiger partial charge is 0.248 e. The van der Waals surface area contributed by atoms with E-state index in [-0.39, 0.29) is 11.2 Å². The largest absolute Gasteiger partial charge is 0.366 e. The van der Waals surface area contributed by atoms with E-state index in [0.29, 0.717) is 5.56 Å². The first-order valence-electron chi connectivity index (χ1n) is 8.11. The Balaban J connectivity index is 1.95. The van der Waals surface area contributed by atoms with E-state index in [0.717, 1.165) is 34.7 Å². The fourth-order valence-electron chi connectivity index (χ4n) is 3.90. The Morgan fingerprint density at radius 1 is 1.04 bits per heavy atom. The van der Waals surface area contributed by atoms with E-state index < -0.39 is 5.91 Å². The van der Waals surface area contributed by atoms with E-state index in [2.05, 4.69) is 12.1 Å². The van der Waals surface area contributed by atoms with Gasteiger partial charge in [0.05, 0.1) is 0 Å². The zero-order valence-electron chi connectivity index (χ0n) is 13.5. The lowest BCUT2D eigenvalue weighted by atomic mass is 9.81. The maximum absolute atomic E-state index is 13.6. The Kier molecular flexibility index (Phi) is 3.20. The van der Waals surface area contributed by atoms with Crippen molar-refractivity contribution in [3.63, 3.8) is 0 Å². The van der Waals surface area contributed by atoms with Gasteiger partial charge in [-0.15, -0.1) is 0 Å². The molecule has 0 radical (unpaired) electrons. The number of hydrogen-bond donors (Lipinski definition) is 1. The average molecular weight is 319 g/mol. The van der Waals surface area contributed by atoms with E-state index in [1.807, 2.05) is 31.2 Å². The Morgan fingerprint density at radius 2 is 1.75 bits per heavy atom. The van der Waals surface area contributed by atoms with Crippen molar-refractivity contribution in [2.45, 2.75) is 25.2 Å². The summed E-state index contributed by atoms with van der Waals surface area (Å²) in [6.45, 7) is 1.96. The number of fused-ring (bicyclic) bond motifs is 1. The minimum atomic E-state index is -0.398. The molecule has 1 amide bonds. The summed E-state index contributed by atoms with van der Waals surface area (Å²) in [5.74, 6) is -0.624. The van der Waals surface area contributed by atoms with Gasteiger partial charge in [-0.1, -0.05) is 36.4 Å². The molecule has 24 heavy (non-hydrogen) atoms. The van der Waals surface area contributed by atoms with Gasteiger partial charge < -0.3 is 5.73 Å². The molecule has 0 heterocycles. The van der Waals surface area contributed by atoms with Gasteiger partial charge in [-0.05, 0) is 65.4 Å². The Morgan fingerprint density at radius 3 is 2.46 bits per heavy atom. The van der Waals surface area contributed by atoms with Gasteiger partial charge in [-0.3, -0.25) is 4.79 Å². The first kappa shape index (κ1) is 14.9. The Hall–Kier alpha value is -2.68. The minimum Gasteiger partial charge on any atom is -0.366 e. The molecule has 1 aliphatic carbocycles. The predicted octanol–water partition coefficient (Wildman–Crippen LogP) is 4.47. The maximum atomic E-state index is 13.6. The van der Waals surface area contributed by atoms with E-state index >= 15 is 0 Å². The van der Waals surface area contributed by atoms with Crippen molar-refractivity contribution in [2.24, 2.45) is 5.73 Å². The third-order valence-electron chi connectivity index (χ3n) is 5.22. The zero-order valence-corrected chi connectivity index (χ0v) is 13.5. The van der Waals surface area contributed by atoms with E-state index in [4.69, 9.17) is 5.73 Å². The van der Waals surface area contributed by atoms with E-state index in [1.54, 1.807) is 12.1 Å². The van der Waals surface area contributed by atoms with Gasteiger partial charge in [-0.2, -0.15) is 0 Å². The SMILES string of the molecule is Cc1c(C(N)=O)cccc1C1(c2cccc3cc(F)ccc23)CC1. The molecule has 1 fully saturated rings. The number of hydrogen-bond acceptors (Lipinski definition) is 1. The Bertz CT molecular complexity index is 973. The van der Waals surface area contributed by atoms with Crippen molar-refractivity contribution in [1.29, 1.82) is 0 Å². The van der Waals surface area contributed by atoms with Crippen molar-refractivity contribution >= 4 is 16.7 Å². The van der Waals surface area contributed by atoms with Gasteiger partial charge in [0.15, 0.2) is 0 Å². The van der Waals surface area contributed by atoms with Crippen LogP contribution < -0.4 is 5.73 Å². The van der Waals surface area contributed by atoms with Gasteiger partial charge in [-0.25, -0.2) is 4.39 Å². The fraction of sp³-hybridized carbons (Fsp3) is 0.190. The molecule has 120 valence electrons. The standard InChI is InChI=1S/C21H18FNO/c1-13-16(20(23)24)5-3-6-18(13)21(10-11-21)19-7-2-4-14-12-15(22)8-9-17(14)19/h2-9,12H,10-11H2,1H3,(H2,23,24). The van der Waals surface area contributed by atoms with Gasteiger partial charge in [0.25, 0.3) is 0 Å². The number of carbonyl (C=O) groups is 1. The second-order valence-electron chi connectivity index (χ2n) is 6.60. The molecule has 1 saturated carbocycles. The molecule has 4 rings (SSSR count). The molecule has 0 saturated heterocycles. The minimum absolute atomic E-state index is 0.104. The van der Waals surface area contributed by atoms with Crippen molar-refractivity contribution in [2.75, 3.05) is 0 Å². The number of primary amides is 1. The van der Waals surface area contributed by atoms with Crippen LogP contribution in [0.25, 0.3) is 10.8 Å². The number of halogens is 1. The topological polar surface area (TPSA) is 43.1 Å². The fourth-order valence-corrected chi connectivity index (χ4v) is 3.90. The van der Waals surface area contributed by atoms with Gasteiger partial charge >= 0.3 is 0 Å². The second kappa shape index (κ2) is 5.17. The number of carbonyl (C=O) groups excluding carboxylic acids is 1. The normalized spacial score (nSPS) is 15.4. The van der Waals surface area contributed by atoms with E-state index in [9.17, 15) is 9.18 Å². The molecule has 0 atom stereocenters. The summed E-state index contributed by atoms with van der Waals surface area (Å²) in [5.41, 5.74) is 9.28. The summed E-state index contributed by atoms with van der Waals surface area (Å²) in [4.78, 5) is 11.7. The summed E-state index contributed by atoms with van der Waals surface area (Å²) >= 11 is 0. The number of amides is 1. The summed E-state index contributed by atoms with van der Waals surface area (Å²) in [7, 11) is 0. The molecule has 0 spiro atoms. The van der Waals surface area contributed by atoms with E-state index in [1.165, 1.54) is 11.6 Å². The van der Waals surface area contributed by atoms with Crippen molar-refractivity contribution in [3.8, 4) is 0 Å². The van der Waals surface area contributed by atoms with Crippen LogP contribution in [-0.4, -0.2) is 5.91 Å². The monoisotopic (exact) mass is 319 g/mol. The van der Waals surface area contributed by atoms with Gasteiger partial charge in [0, 0.05) is 11.0 Å². The molecular formula is C21H18FNO. The number of rotatable bonds is 3. The molecular weight excluding hydrogens is 301 g/mol. The van der Waals surface area contributed by atoms with Crippen LogP contribution in [0.5, 0.6) is 0 Å². The summed E-state index contributed by atoms with van der Waals surface area (Å²) in [6.07, 6.45) is 2.04. The molecule has 0 aliphatic heterocycles. The molecule has 3 aromatic rings. The van der Waals surface area contributed by atoms with Crippen LogP contribution in [-0.2, 0) is 5.41 Å². The maximum Gasteiger partial charge on any atom is 0.248 e. The highest BCUT2D eigenvalue weighted by atomic mass is 19.1. The van der Waals surface area contributed by atoms with Crippen LogP contribution in [0.4, 0.5) is 4.39 Å². The highest BCUT2D eigenvalue weighted by Crippen LogP contribution is 2.56. The quantitative estimate of drug-likeness (QED) is 0.760. The predicted molar refractivity (Wildman–Crippen MR) is 93.6 cm³/mol. The van der Waals surface area contributed by atoms with Crippen LogP contribution >= 0.6 is 0 Å². The molecule has 0 unspecified atom stereocenters. The molecule has 3 aromatic carbocycles. The molecule has 3 heteroatoms. The zero-order chi connectivity index (χ0) is 16.9. The van der Waals surface area contributed by atoms with Crippen LogP contribution in [0, 0.1) is 12.7 Å². The Labute approximate surface area is 140 Å². The molecule has 0 aromatic heterocycles. The van der Waals surface area contributed by atoms with Gasteiger partial charge in [0.1, 0.15) is 5.82 Å². The lowest BCUT2D eigenvalue weighted by molar-refractivity contribution is 0.0999. The van der Waals surface area contributed by atoms with Gasteiger partial charge in [0.2, 0.25) is 5.91 Å². The van der Waals surface area contributed by atoms with Crippen LogP contribution in [0.2, 0.25) is 0 Å². The second-order valence-corrected chi connectivity index (χ2v) is 6.60. The van der Waals surface area contributed by atoms with Crippen molar-refractivity contribution in [1.82, 2.24) is 0 Å². The van der Waals surface area contributed by atoms with Crippen LogP contribution in [0.15, 0.2) is 54.6 Å². The summed E-state index contributed by atoms with van der Waals surface area (Å²) in [5, 5.41) is 1.97. The summed E-state index contributed by atoms with van der Waals surface area (Å²) < 4.78 is 13.6.